The van der Waals surface area contributed by atoms with Crippen LogP contribution in [-0.2, 0) is 15.9 Å². The van der Waals surface area contributed by atoms with Crippen molar-refractivity contribution in [2.75, 3.05) is 36.0 Å². The van der Waals surface area contributed by atoms with Crippen molar-refractivity contribution in [2.45, 2.75) is 51.6 Å². The number of hydrogen-bond acceptors (Lipinski definition) is 5. The van der Waals surface area contributed by atoms with Gasteiger partial charge in [-0.1, -0.05) is 12.1 Å². The highest BCUT2D eigenvalue weighted by Crippen LogP contribution is 2.36. The number of alkyl halides is 3. The van der Waals surface area contributed by atoms with Gasteiger partial charge in [0, 0.05) is 49.9 Å². The fourth-order valence-electron chi connectivity index (χ4n) is 4.79. The van der Waals surface area contributed by atoms with Gasteiger partial charge < -0.3 is 19.1 Å². The van der Waals surface area contributed by atoms with Crippen molar-refractivity contribution in [3.05, 3.63) is 71.4 Å². The molecule has 0 radical (unpaired) electrons. The molecule has 0 bridgehead atoms. The van der Waals surface area contributed by atoms with Crippen LogP contribution < -0.4 is 21.0 Å². The molecule has 2 fully saturated rings. The molecule has 0 atom stereocenters. The lowest BCUT2D eigenvalue weighted by Crippen LogP contribution is -2.46. The highest BCUT2D eigenvalue weighted by Gasteiger charge is 2.51. The SMILES string of the molecule is CC1(C)OB(c2ccc(N3CCN(c4ccc(-n5ccn(CC(F)(F)F)c5=O)cc4)CC3)cc2)OC1(C)C. The van der Waals surface area contributed by atoms with Crippen molar-refractivity contribution in [3.63, 3.8) is 0 Å². The summed E-state index contributed by atoms with van der Waals surface area (Å²) in [6.07, 6.45) is -1.93. The van der Waals surface area contributed by atoms with Gasteiger partial charge >= 0.3 is 19.0 Å². The van der Waals surface area contributed by atoms with Crippen LogP contribution in [0.1, 0.15) is 27.7 Å². The third kappa shape index (κ3) is 5.22. The first kappa shape index (κ1) is 26.4. The molecule has 0 spiro atoms. The van der Waals surface area contributed by atoms with E-state index in [1.807, 2.05) is 39.8 Å². The summed E-state index contributed by atoms with van der Waals surface area (Å²) < 4.78 is 52.2. The number of benzene rings is 2. The maximum Gasteiger partial charge on any atom is 0.494 e. The standard InChI is InChI=1S/C27H32BF3N4O3/c1-25(2)26(3,4)38-28(37-25)20-5-7-21(8-6-20)32-13-15-33(16-14-32)22-9-11-23(12-10-22)35-18-17-34(24(35)36)19-27(29,30)31/h5-12,17-18H,13-16,19H2,1-4H3. The van der Waals surface area contributed by atoms with E-state index in [2.05, 4.69) is 34.1 Å². The lowest BCUT2D eigenvalue weighted by Gasteiger charge is -2.37. The second-order valence-electron chi connectivity index (χ2n) is 10.9. The highest BCUT2D eigenvalue weighted by molar-refractivity contribution is 6.62. The van der Waals surface area contributed by atoms with Crippen molar-refractivity contribution in [1.82, 2.24) is 9.13 Å². The number of halogens is 3. The average molecular weight is 528 g/mol. The number of piperazine rings is 1. The van der Waals surface area contributed by atoms with Gasteiger partial charge in [-0.2, -0.15) is 13.2 Å². The Morgan fingerprint density at radius 1 is 0.763 bits per heavy atom. The van der Waals surface area contributed by atoms with E-state index < -0.39 is 18.4 Å². The van der Waals surface area contributed by atoms with Crippen molar-refractivity contribution in [2.24, 2.45) is 0 Å². The fourth-order valence-corrected chi connectivity index (χ4v) is 4.79. The number of nitrogens with zero attached hydrogens (tertiary/aromatic N) is 4. The van der Waals surface area contributed by atoms with Crippen molar-refractivity contribution < 1.29 is 22.5 Å². The van der Waals surface area contributed by atoms with Gasteiger partial charge in [0.25, 0.3) is 0 Å². The zero-order valence-corrected chi connectivity index (χ0v) is 22.0. The molecule has 2 aromatic carbocycles. The van der Waals surface area contributed by atoms with E-state index in [4.69, 9.17) is 9.31 Å². The van der Waals surface area contributed by atoms with Gasteiger partial charge in [0.2, 0.25) is 0 Å². The molecular formula is C27H32BF3N4O3. The van der Waals surface area contributed by atoms with Gasteiger partial charge in [-0.05, 0) is 69.6 Å². The van der Waals surface area contributed by atoms with Gasteiger partial charge in [0.1, 0.15) is 6.54 Å². The van der Waals surface area contributed by atoms with Crippen LogP contribution in [0.2, 0.25) is 0 Å². The predicted octanol–water partition coefficient (Wildman–Crippen LogP) is 3.83. The van der Waals surface area contributed by atoms with Gasteiger partial charge in [0.05, 0.1) is 16.9 Å². The van der Waals surface area contributed by atoms with Crippen LogP contribution in [-0.4, -0.2) is 59.8 Å². The molecule has 3 heterocycles. The van der Waals surface area contributed by atoms with Gasteiger partial charge in [-0.3, -0.25) is 9.13 Å². The third-order valence-electron chi connectivity index (χ3n) is 7.75. The van der Waals surface area contributed by atoms with Crippen LogP contribution >= 0.6 is 0 Å². The smallest absolute Gasteiger partial charge is 0.399 e. The molecule has 0 saturated carbocycles. The number of rotatable bonds is 5. The van der Waals surface area contributed by atoms with Gasteiger partial charge in [-0.15, -0.1) is 0 Å². The molecule has 38 heavy (non-hydrogen) atoms. The summed E-state index contributed by atoms with van der Waals surface area (Å²) in [6.45, 7) is 10.2. The van der Waals surface area contributed by atoms with Crippen LogP contribution in [0, 0.1) is 0 Å². The van der Waals surface area contributed by atoms with Crippen molar-refractivity contribution in [3.8, 4) is 5.69 Å². The second-order valence-corrected chi connectivity index (χ2v) is 10.9. The van der Waals surface area contributed by atoms with E-state index in [0.717, 1.165) is 49.2 Å². The van der Waals surface area contributed by atoms with Gasteiger partial charge in [-0.25, -0.2) is 4.79 Å². The summed E-state index contributed by atoms with van der Waals surface area (Å²) in [5, 5.41) is 0. The number of hydrogen-bond donors (Lipinski definition) is 0. The maximum atomic E-state index is 12.7. The molecular weight excluding hydrogens is 496 g/mol. The Morgan fingerprint density at radius 2 is 1.21 bits per heavy atom. The van der Waals surface area contributed by atoms with Crippen LogP contribution in [0.5, 0.6) is 0 Å². The Bertz CT molecular complexity index is 1310. The molecule has 0 aliphatic carbocycles. The largest absolute Gasteiger partial charge is 0.494 e. The Morgan fingerprint density at radius 3 is 1.68 bits per heavy atom. The quantitative estimate of drug-likeness (QED) is 0.472. The molecule has 3 aromatic rings. The van der Waals surface area contributed by atoms with E-state index in [-0.39, 0.29) is 18.3 Å². The minimum absolute atomic E-state index is 0.376. The molecule has 2 aliphatic heterocycles. The first-order valence-electron chi connectivity index (χ1n) is 12.7. The molecule has 2 aliphatic rings. The average Bonchev–Trinajstić information content (AvgIpc) is 3.32. The Balaban J connectivity index is 1.19. The lowest BCUT2D eigenvalue weighted by molar-refractivity contribution is -0.141. The zero-order valence-electron chi connectivity index (χ0n) is 22.0. The maximum absolute atomic E-state index is 12.7. The highest BCUT2D eigenvalue weighted by atomic mass is 19.4. The third-order valence-corrected chi connectivity index (χ3v) is 7.75. The first-order valence-corrected chi connectivity index (χ1v) is 12.7. The predicted molar refractivity (Wildman–Crippen MR) is 143 cm³/mol. The number of anilines is 2. The molecule has 2 saturated heterocycles. The molecule has 0 N–H and O–H groups in total. The molecule has 0 unspecified atom stereocenters. The second kappa shape index (κ2) is 9.53. The van der Waals surface area contributed by atoms with E-state index in [0.29, 0.717) is 10.3 Å². The van der Waals surface area contributed by atoms with Crippen LogP contribution in [0.25, 0.3) is 5.69 Å². The van der Waals surface area contributed by atoms with Crippen molar-refractivity contribution >= 4 is 24.0 Å². The normalized spacial score (nSPS) is 19.3. The summed E-state index contributed by atoms with van der Waals surface area (Å²) in [5.41, 5.74) is 2.21. The molecule has 202 valence electrons. The Labute approximate surface area is 220 Å². The Hall–Kier alpha value is -3.18. The number of imidazole rings is 1. The molecule has 1 aromatic heterocycles. The topological polar surface area (TPSA) is 51.9 Å². The fraction of sp³-hybridized carbons (Fsp3) is 0.444. The van der Waals surface area contributed by atoms with E-state index in [9.17, 15) is 18.0 Å². The minimum atomic E-state index is -4.45. The van der Waals surface area contributed by atoms with Crippen LogP contribution in [0.15, 0.2) is 65.7 Å². The van der Waals surface area contributed by atoms with Crippen LogP contribution in [0.3, 0.4) is 0 Å². The molecule has 0 amide bonds. The summed E-state index contributed by atoms with van der Waals surface area (Å²) >= 11 is 0. The monoisotopic (exact) mass is 528 g/mol. The van der Waals surface area contributed by atoms with Crippen molar-refractivity contribution in [1.29, 1.82) is 0 Å². The molecule has 11 heteroatoms. The van der Waals surface area contributed by atoms with Gasteiger partial charge in [0.15, 0.2) is 0 Å². The summed E-state index contributed by atoms with van der Waals surface area (Å²) in [7, 11) is -0.382. The number of aromatic nitrogens is 2. The summed E-state index contributed by atoms with van der Waals surface area (Å²) in [5.74, 6) is 0. The first-order chi connectivity index (χ1) is 17.8. The minimum Gasteiger partial charge on any atom is -0.399 e. The van der Waals surface area contributed by atoms with E-state index in [1.165, 1.54) is 10.8 Å². The zero-order chi connectivity index (χ0) is 27.3. The molecule has 7 nitrogen and oxygen atoms in total. The summed E-state index contributed by atoms with van der Waals surface area (Å²) in [4.78, 5) is 16.9. The molecule has 5 rings (SSSR count). The van der Waals surface area contributed by atoms with E-state index in [1.54, 1.807) is 12.1 Å². The Kier molecular flexibility index (Phi) is 6.63. The summed E-state index contributed by atoms with van der Waals surface area (Å²) in [6, 6.07) is 15.7. The lowest BCUT2D eigenvalue weighted by atomic mass is 9.79. The van der Waals surface area contributed by atoms with E-state index >= 15 is 0 Å². The van der Waals surface area contributed by atoms with Crippen LogP contribution in [0.4, 0.5) is 24.5 Å².